The molecule has 2 atom stereocenters. The normalized spacial score (nSPS) is 12.4. The van der Waals surface area contributed by atoms with Crippen molar-refractivity contribution >= 4 is 23.9 Å². The van der Waals surface area contributed by atoms with Crippen LogP contribution in [0.15, 0.2) is 30.3 Å². The lowest BCUT2D eigenvalue weighted by Crippen LogP contribution is -2.54. The highest BCUT2D eigenvalue weighted by atomic mass is 16.5. The Balaban J connectivity index is 2.66. The van der Waals surface area contributed by atoms with Gasteiger partial charge in [-0.2, -0.15) is 0 Å². The first kappa shape index (κ1) is 20.9. The van der Waals surface area contributed by atoms with E-state index in [1.54, 1.807) is 30.3 Å². The minimum Gasteiger partial charge on any atom is -0.467 e. The van der Waals surface area contributed by atoms with E-state index in [2.05, 4.69) is 15.4 Å². The molecule has 0 aliphatic rings. The molecular formula is C16H21N3O7. The molecule has 0 saturated carbocycles. The van der Waals surface area contributed by atoms with Crippen LogP contribution < -0.4 is 16.4 Å². The van der Waals surface area contributed by atoms with Crippen LogP contribution in [-0.2, 0) is 30.5 Å². The van der Waals surface area contributed by atoms with Crippen LogP contribution in [0.4, 0.5) is 4.79 Å². The number of aliphatic hydroxyl groups is 1. The van der Waals surface area contributed by atoms with Crippen LogP contribution in [0.25, 0.3) is 0 Å². The molecule has 10 heteroatoms. The Morgan fingerprint density at radius 1 is 1.12 bits per heavy atom. The summed E-state index contributed by atoms with van der Waals surface area (Å²) in [6.45, 7) is -0.765. The van der Waals surface area contributed by atoms with Gasteiger partial charge in [0.1, 0.15) is 12.6 Å². The van der Waals surface area contributed by atoms with Crippen molar-refractivity contribution in [3.05, 3.63) is 35.9 Å². The lowest BCUT2D eigenvalue weighted by Gasteiger charge is -2.20. The molecule has 0 saturated heterocycles. The molecule has 0 aromatic heterocycles. The van der Waals surface area contributed by atoms with E-state index in [4.69, 9.17) is 15.6 Å². The Labute approximate surface area is 149 Å². The first-order valence-corrected chi connectivity index (χ1v) is 7.62. The number of nitrogens with one attached hydrogen (secondary N) is 2. The van der Waals surface area contributed by atoms with Gasteiger partial charge in [-0.15, -0.1) is 0 Å². The number of hydrogen-bond acceptors (Lipinski definition) is 7. The summed E-state index contributed by atoms with van der Waals surface area (Å²) >= 11 is 0. The van der Waals surface area contributed by atoms with Crippen molar-refractivity contribution in [1.29, 1.82) is 0 Å². The SMILES string of the molecule is COC(=O)[C@H](CO)NC(=O)[C@H](CC(N)=O)NC(=O)OCc1ccccc1. The first-order valence-electron chi connectivity index (χ1n) is 7.62. The van der Waals surface area contributed by atoms with Crippen molar-refractivity contribution in [3.8, 4) is 0 Å². The molecule has 1 rings (SSSR count). The number of primary amides is 1. The number of nitrogens with two attached hydrogens (primary N) is 1. The molecule has 0 radical (unpaired) electrons. The van der Waals surface area contributed by atoms with Gasteiger partial charge in [0.05, 0.1) is 20.1 Å². The third-order valence-corrected chi connectivity index (χ3v) is 3.21. The molecule has 26 heavy (non-hydrogen) atoms. The zero-order valence-electron chi connectivity index (χ0n) is 14.1. The highest BCUT2D eigenvalue weighted by molar-refractivity contribution is 5.92. The van der Waals surface area contributed by atoms with Crippen LogP contribution in [0.3, 0.4) is 0 Å². The molecule has 1 aromatic rings. The second-order valence-corrected chi connectivity index (χ2v) is 5.20. The molecule has 3 amide bonds. The second kappa shape index (κ2) is 10.7. The van der Waals surface area contributed by atoms with Crippen LogP contribution in [0, 0.1) is 0 Å². The number of rotatable bonds is 9. The summed E-state index contributed by atoms with van der Waals surface area (Å²) in [6, 6.07) is 6.09. The number of esters is 1. The standard InChI is InChI=1S/C16H21N3O7/c1-25-15(23)12(8-20)18-14(22)11(7-13(17)21)19-16(24)26-9-10-5-3-2-4-6-10/h2-6,11-12,20H,7-9H2,1H3,(H2,17,21)(H,18,22)(H,19,24)/t11-,12-/m0/s1. The third-order valence-electron chi connectivity index (χ3n) is 3.21. The van der Waals surface area contributed by atoms with E-state index in [1.165, 1.54) is 0 Å². The van der Waals surface area contributed by atoms with Gasteiger partial charge >= 0.3 is 12.1 Å². The zero-order valence-corrected chi connectivity index (χ0v) is 14.1. The number of ether oxygens (including phenoxy) is 2. The lowest BCUT2D eigenvalue weighted by molar-refractivity contribution is -0.146. The van der Waals surface area contributed by atoms with E-state index in [0.717, 1.165) is 12.7 Å². The van der Waals surface area contributed by atoms with Crippen molar-refractivity contribution in [2.75, 3.05) is 13.7 Å². The summed E-state index contributed by atoms with van der Waals surface area (Å²) in [7, 11) is 1.08. The van der Waals surface area contributed by atoms with Crippen LogP contribution in [0.5, 0.6) is 0 Å². The maximum atomic E-state index is 12.2. The summed E-state index contributed by atoms with van der Waals surface area (Å²) in [5, 5.41) is 13.5. The van der Waals surface area contributed by atoms with E-state index in [9.17, 15) is 19.2 Å². The molecule has 10 nitrogen and oxygen atoms in total. The maximum Gasteiger partial charge on any atom is 0.408 e. The summed E-state index contributed by atoms with van der Waals surface area (Å²) < 4.78 is 9.38. The van der Waals surface area contributed by atoms with Crippen LogP contribution >= 0.6 is 0 Å². The van der Waals surface area contributed by atoms with Crippen LogP contribution in [-0.4, -0.2) is 54.8 Å². The highest BCUT2D eigenvalue weighted by Gasteiger charge is 2.28. The molecule has 0 fully saturated rings. The molecule has 0 unspecified atom stereocenters. The van der Waals surface area contributed by atoms with Gasteiger partial charge in [0, 0.05) is 0 Å². The van der Waals surface area contributed by atoms with Crippen molar-refractivity contribution in [2.24, 2.45) is 5.73 Å². The quantitative estimate of drug-likeness (QED) is 0.399. The monoisotopic (exact) mass is 367 g/mol. The fourth-order valence-corrected chi connectivity index (χ4v) is 1.91. The largest absolute Gasteiger partial charge is 0.467 e. The van der Waals surface area contributed by atoms with Crippen LogP contribution in [0.2, 0.25) is 0 Å². The van der Waals surface area contributed by atoms with E-state index in [1.807, 2.05) is 0 Å². The van der Waals surface area contributed by atoms with Gasteiger partial charge in [-0.3, -0.25) is 9.59 Å². The molecular weight excluding hydrogens is 346 g/mol. The minimum absolute atomic E-state index is 0.0426. The van der Waals surface area contributed by atoms with Gasteiger partial charge in [-0.25, -0.2) is 9.59 Å². The number of aliphatic hydroxyl groups excluding tert-OH is 1. The number of amides is 3. The topological polar surface area (TPSA) is 157 Å². The van der Waals surface area contributed by atoms with Crippen LogP contribution in [0.1, 0.15) is 12.0 Å². The van der Waals surface area contributed by atoms with E-state index < -0.39 is 49.0 Å². The Morgan fingerprint density at radius 3 is 2.31 bits per heavy atom. The van der Waals surface area contributed by atoms with E-state index in [0.29, 0.717) is 0 Å². The average molecular weight is 367 g/mol. The molecule has 0 aliphatic carbocycles. The lowest BCUT2D eigenvalue weighted by atomic mass is 10.1. The van der Waals surface area contributed by atoms with Gasteiger partial charge in [-0.1, -0.05) is 30.3 Å². The van der Waals surface area contributed by atoms with Crippen molar-refractivity contribution in [2.45, 2.75) is 25.1 Å². The predicted octanol–water partition coefficient (Wildman–Crippen LogP) is -1.19. The first-order chi connectivity index (χ1) is 12.4. The molecule has 0 spiro atoms. The van der Waals surface area contributed by atoms with E-state index >= 15 is 0 Å². The molecule has 0 heterocycles. The van der Waals surface area contributed by atoms with Crippen molar-refractivity contribution in [3.63, 3.8) is 0 Å². The number of carbonyl (C=O) groups excluding carboxylic acids is 4. The molecule has 0 aliphatic heterocycles. The Bertz CT molecular complexity index is 636. The maximum absolute atomic E-state index is 12.2. The number of methoxy groups -OCH3 is 1. The number of carbonyl (C=O) groups is 4. The van der Waals surface area contributed by atoms with Crippen molar-refractivity contribution in [1.82, 2.24) is 10.6 Å². The zero-order chi connectivity index (χ0) is 19.5. The Kier molecular flexibility index (Phi) is 8.58. The predicted molar refractivity (Wildman–Crippen MR) is 88.4 cm³/mol. The van der Waals surface area contributed by atoms with Gasteiger partial charge in [-0.05, 0) is 5.56 Å². The molecule has 0 bridgehead atoms. The summed E-state index contributed by atoms with van der Waals surface area (Å²) in [4.78, 5) is 46.6. The number of benzene rings is 1. The number of alkyl carbamates (subject to hydrolysis) is 1. The number of hydrogen-bond donors (Lipinski definition) is 4. The third kappa shape index (κ3) is 7.18. The smallest absolute Gasteiger partial charge is 0.408 e. The van der Waals surface area contributed by atoms with Gasteiger partial charge < -0.3 is 30.9 Å². The molecule has 142 valence electrons. The van der Waals surface area contributed by atoms with Gasteiger partial charge in [0.2, 0.25) is 11.8 Å². The Morgan fingerprint density at radius 2 is 1.77 bits per heavy atom. The molecule has 5 N–H and O–H groups in total. The van der Waals surface area contributed by atoms with E-state index in [-0.39, 0.29) is 6.61 Å². The molecule has 1 aromatic carbocycles. The fraction of sp³-hybridized carbons (Fsp3) is 0.375. The minimum atomic E-state index is -1.38. The summed E-state index contributed by atoms with van der Waals surface area (Å²) in [6.07, 6.45) is -1.47. The Hall–Kier alpha value is -3.14. The second-order valence-electron chi connectivity index (χ2n) is 5.20. The van der Waals surface area contributed by atoms with Gasteiger partial charge in [0.25, 0.3) is 0 Å². The summed E-state index contributed by atoms with van der Waals surface area (Å²) in [5.74, 6) is -2.64. The average Bonchev–Trinajstić information content (AvgIpc) is 2.63. The van der Waals surface area contributed by atoms with Crippen molar-refractivity contribution < 1.29 is 33.8 Å². The van der Waals surface area contributed by atoms with Gasteiger partial charge in [0.15, 0.2) is 6.04 Å². The fourth-order valence-electron chi connectivity index (χ4n) is 1.91. The summed E-state index contributed by atoms with van der Waals surface area (Å²) in [5.41, 5.74) is 5.80. The highest BCUT2D eigenvalue weighted by Crippen LogP contribution is 2.02.